The highest BCUT2D eigenvalue weighted by Gasteiger charge is 2.36. The van der Waals surface area contributed by atoms with E-state index in [-0.39, 0.29) is 12.1 Å². The number of aromatic nitrogens is 2. The Bertz CT molecular complexity index is 530. The van der Waals surface area contributed by atoms with Crippen molar-refractivity contribution in [2.45, 2.75) is 56.6 Å². The van der Waals surface area contributed by atoms with Crippen LogP contribution in [0, 0.1) is 0 Å². The van der Waals surface area contributed by atoms with Gasteiger partial charge in [-0.2, -0.15) is 9.40 Å². The fraction of sp³-hybridized carbons (Fsp3) is 0.769. The minimum atomic E-state index is -3.44. The Hall–Kier alpha value is -0.920. The highest BCUT2D eigenvalue weighted by Crippen LogP contribution is 2.29. The van der Waals surface area contributed by atoms with E-state index < -0.39 is 10.0 Å². The first-order valence-corrected chi connectivity index (χ1v) is 8.61. The second kappa shape index (κ2) is 6.24. The maximum Gasteiger partial charge on any atom is 0.246 e. The molecule has 0 saturated carbocycles. The van der Waals surface area contributed by atoms with E-state index in [1.54, 1.807) is 15.2 Å². The van der Waals surface area contributed by atoms with Crippen LogP contribution >= 0.6 is 0 Å². The summed E-state index contributed by atoms with van der Waals surface area (Å²) in [6.45, 7) is 5.39. The highest BCUT2D eigenvalue weighted by atomic mass is 32.2. The summed E-state index contributed by atoms with van der Waals surface area (Å²) < 4.78 is 28.8. The summed E-state index contributed by atoms with van der Waals surface area (Å²) in [5.74, 6) is 0. The Labute approximate surface area is 121 Å². The lowest BCUT2D eigenvalue weighted by molar-refractivity contribution is 0.204. The number of hydrogen-bond donors (Lipinski definition) is 1. The number of nitrogens with zero attached hydrogens (tertiary/aromatic N) is 3. The summed E-state index contributed by atoms with van der Waals surface area (Å²) in [4.78, 5) is 0.300. The lowest BCUT2D eigenvalue weighted by Gasteiger charge is -2.37. The molecule has 1 aliphatic heterocycles. The van der Waals surface area contributed by atoms with Crippen LogP contribution in [0.2, 0.25) is 0 Å². The van der Waals surface area contributed by atoms with Gasteiger partial charge in [-0.25, -0.2) is 8.42 Å². The van der Waals surface area contributed by atoms with Gasteiger partial charge in [-0.1, -0.05) is 6.42 Å². The van der Waals surface area contributed by atoms with Crippen molar-refractivity contribution >= 4 is 10.0 Å². The summed E-state index contributed by atoms with van der Waals surface area (Å²) in [5.41, 5.74) is 0. The summed E-state index contributed by atoms with van der Waals surface area (Å²) >= 11 is 0. The van der Waals surface area contributed by atoms with Crippen LogP contribution in [0.15, 0.2) is 17.3 Å². The standard InChI is InChI=1S/C13H24N4O2S/c1-11-5-4-6-12(2)17(11)20(18,19)13-9-15-16(10-13)8-7-14-3/h9-12,14H,4-8H2,1-3H3. The number of likely N-dealkylation sites (N-methyl/N-ethyl adjacent to an activating group) is 1. The van der Waals surface area contributed by atoms with E-state index in [1.165, 1.54) is 6.20 Å². The van der Waals surface area contributed by atoms with E-state index in [9.17, 15) is 8.42 Å². The van der Waals surface area contributed by atoms with Crippen LogP contribution in [-0.4, -0.2) is 48.2 Å². The lowest BCUT2D eigenvalue weighted by Crippen LogP contribution is -2.47. The van der Waals surface area contributed by atoms with E-state index in [0.29, 0.717) is 11.4 Å². The molecule has 2 unspecified atom stereocenters. The molecule has 0 radical (unpaired) electrons. The molecule has 1 aromatic rings. The summed E-state index contributed by atoms with van der Waals surface area (Å²) in [6, 6.07) is 0.119. The van der Waals surface area contributed by atoms with E-state index >= 15 is 0 Å². The average molecular weight is 300 g/mol. The molecular weight excluding hydrogens is 276 g/mol. The van der Waals surface area contributed by atoms with Crippen molar-refractivity contribution in [2.75, 3.05) is 13.6 Å². The van der Waals surface area contributed by atoms with Crippen molar-refractivity contribution in [3.63, 3.8) is 0 Å². The van der Waals surface area contributed by atoms with E-state index in [1.807, 2.05) is 20.9 Å². The Morgan fingerprint density at radius 1 is 1.35 bits per heavy atom. The number of hydrogen-bond acceptors (Lipinski definition) is 4. The smallest absolute Gasteiger partial charge is 0.246 e. The SMILES string of the molecule is CNCCn1cc(S(=O)(=O)N2C(C)CCCC2C)cn1. The first-order chi connectivity index (χ1) is 9.46. The summed E-state index contributed by atoms with van der Waals surface area (Å²) in [6.07, 6.45) is 6.03. The summed E-state index contributed by atoms with van der Waals surface area (Å²) in [7, 11) is -1.58. The average Bonchev–Trinajstić information content (AvgIpc) is 2.85. The van der Waals surface area contributed by atoms with Crippen LogP contribution < -0.4 is 5.32 Å². The van der Waals surface area contributed by atoms with Gasteiger partial charge in [0, 0.05) is 24.8 Å². The zero-order valence-corrected chi connectivity index (χ0v) is 13.2. The zero-order valence-electron chi connectivity index (χ0n) is 12.4. The molecule has 7 heteroatoms. The van der Waals surface area contributed by atoms with Gasteiger partial charge in [0.15, 0.2) is 0 Å². The molecule has 1 saturated heterocycles. The van der Waals surface area contributed by atoms with Crippen molar-refractivity contribution in [1.29, 1.82) is 0 Å². The second-order valence-corrected chi connectivity index (χ2v) is 7.35. The van der Waals surface area contributed by atoms with E-state index in [0.717, 1.165) is 25.8 Å². The monoisotopic (exact) mass is 300 g/mol. The van der Waals surface area contributed by atoms with E-state index in [2.05, 4.69) is 10.4 Å². The topological polar surface area (TPSA) is 67.2 Å². The van der Waals surface area contributed by atoms with Crippen LogP contribution in [0.5, 0.6) is 0 Å². The van der Waals surface area contributed by atoms with Crippen molar-refractivity contribution < 1.29 is 8.42 Å². The van der Waals surface area contributed by atoms with Gasteiger partial charge in [-0.3, -0.25) is 4.68 Å². The third kappa shape index (κ3) is 3.05. The Morgan fingerprint density at radius 3 is 2.60 bits per heavy atom. The van der Waals surface area contributed by atoms with Crippen LogP contribution in [0.3, 0.4) is 0 Å². The lowest BCUT2D eigenvalue weighted by atomic mass is 10.0. The van der Waals surface area contributed by atoms with Crippen LogP contribution in [0.1, 0.15) is 33.1 Å². The largest absolute Gasteiger partial charge is 0.318 e. The highest BCUT2D eigenvalue weighted by molar-refractivity contribution is 7.89. The molecule has 0 bridgehead atoms. The fourth-order valence-electron chi connectivity index (χ4n) is 2.82. The normalized spacial score (nSPS) is 24.9. The first kappa shape index (κ1) is 15.5. The molecule has 0 spiro atoms. The van der Waals surface area contributed by atoms with Crippen molar-refractivity contribution in [3.05, 3.63) is 12.4 Å². The predicted molar refractivity (Wildman–Crippen MR) is 78.0 cm³/mol. The fourth-order valence-corrected chi connectivity index (χ4v) is 4.66. The Morgan fingerprint density at radius 2 is 2.00 bits per heavy atom. The summed E-state index contributed by atoms with van der Waals surface area (Å²) in [5, 5.41) is 7.16. The van der Waals surface area contributed by atoms with Gasteiger partial charge in [0.1, 0.15) is 4.90 Å². The van der Waals surface area contributed by atoms with E-state index in [4.69, 9.17) is 0 Å². The minimum absolute atomic E-state index is 0.0596. The second-order valence-electron chi connectivity index (χ2n) is 5.51. The molecule has 2 rings (SSSR count). The number of rotatable bonds is 5. The molecule has 2 atom stereocenters. The number of sulfonamides is 1. The molecule has 2 heterocycles. The van der Waals surface area contributed by atoms with Gasteiger partial charge in [0.25, 0.3) is 0 Å². The first-order valence-electron chi connectivity index (χ1n) is 7.17. The minimum Gasteiger partial charge on any atom is -0.318 e. The maximum atomic E-state index is 12.8. The van der Waals surface area contributed by atoms with Crippen LogP contribution in [0.25, 0.3) is 0 Å². The molecule has 0 amide bonds. The van der Waals surface area contributed by atoms with Crippen molar-refractivity contribution in [1.82, 2.24) is 19.4 Å². The van der Waals surface area contributed by atoms with Gasteiger partial charge in [0.2, 0.25) is 10.0 Å². The third-order valence-electron chi connectivity index (χ3n) is 3.89. The number of nitrogens with one attached hydrogen (secondary N) is 1. The molecule has 1 aromatic heterocycles. The third-order valence-corrected chi connectivity index (χ3v) is 5.97. The molecule has 0 aromatic carbocycles. The molecular formula is C13H24N4O2S. The Balaban J connectivity index is 2.22. The van der Waals surface area contributed by atoms with Crippen molar-refractivity contribution in [3.8, 4) is 0 Å². The molecule has 1 fully saturated rings. The molecule has 20 heavy (non-hydrogen) atoms. The molecule has 6 nitrogen and oxygen atoms in total. The van der Waals surface area contributed by atoms with Crippen LogP contribution in [0.4, 0.5) is 0 Å². The van der Waals surface area contributed by atoms with Gasteiger partial charge >= 0.3 is 0 Å². The number of piperidine rings is 1. The van der Waals surface area contributed by atoms with Gasteiger partial charge in [0.05, 0.1) is 12.7 Å². The molecule has 1 N–H and O–H groups in total. The van der Waals surface area contributed by atoms with Gasteiger partial charge < -0.3 is 5.32 Å². The quantitative estimate of drug-likeness (QED) is 0.883. The maximum absolute atomic E-state index is 12.8. The predicted octanol–water partition coefficient (Wildman–Crippen LogP) is 1.05. The van der Waals surface area contributed by atoms with Gasteiger partial charge in [-0.05, 0) is 33.7 Å². The Kier molecular flexibility index (Phi) is 4.82. The molecule has 114 valence electrons. The van der Waals surface area contributed by atoms with Gasteiger partial charge in [-0.15, -0.1) is 0 Å². The van der Waals surface area contributed by atoms with Crippen molar-refractivity contribution in [2.24, 2.45) is 0 Å². The zero-order chi connectivity index (χ0) is 14.8. The molecule has 0 aliphatic carbocycles. The van der Waals surface area contributed by atoms with Crippen LogP contribution in [-0.2, 0) is 16.6 Å². The molecule has 1 aliphatic rings.